The summed E-state index contributed by atoms with van der Waals surface area (Å²) in [6, 6.07) is 26.1. The molecule has 2 N–H and O–H groups in total. The van der Waals surface area contributed by atoms with E-state index in [9.17, 15) is 4.79 Å². The van der Waals surface area contributed by atoms with Crippen LogP contribution in [0.4, 0.5) is 0 Å². The highest BCUT2D eigenvalue weighted by molar-refractivity contribution is 6.35. The second-order valence-corrected chi connectivity index (χ2v) is 8.64. The van der Waals surface area contributed by atoms with Gasteiger partial charge in [0, 0.05) is 15.6 Å². The van der Waals surface area contributed by atoms with E-state index in [0.717, 1.165) is 27.6 Å². The van der Waals surface area contributed by atoms with E-state index in [1.54, 1.807) is 31.4 Å². The van der Waals surface area contributed by atoms with Crippen LogP contribution in [0.3, 0.4) is 0 Å². The van der Waals surface area contributed by atoms with Crippen LogP contribution in [0.25, 0.3) is 16.5 Å². The third kappa shape index (κ3) is 5.84. The topological polar surface area (TPSA) is 62.2 Å². The molecule has 0 aliphatic carbocycles. The van der Waals surface area contributed by atoms with Crippen molar-refractivity contribution in [2.75, 3.05) is 7.11 Å². The minimum Gasteiger partial charge on any atom is -0.497 e. The summed E-state index contributed by atoms with van der Waals surface area (Å²) in [4.78, 5) is 12.9. The van der Waals surface area contributed by atoms with Gasteiger partial charge in [0.25, 0.3) is 0 Å². The van der Waals surface area contributed by atoms with Gasteiger partial charge in [-0.25, -0.2) is 0 Å². The van der Waals surface area contributed by atoms with E-state index in [1.165, 1.54) is 0 Å². The van der Waals surface area contributed by atoms with Crippen molar-refractivity contribution in [3.8, 4) is 5.75 Å². The Morgan fingerprint density at radius 1 is 0.882 bits per heavy atom. The molecule has 0 unspecified atom stereocenters. The standard InChI is InChI=1S/C28H22Cl2N2O2/c1-34-25-10-9-19-12-21(8-7-20(19)15-25)27(32-28(33)11-18-5-3-2-4-6-18)17-26(31)22-13-23(29)16-24(30)14-22/h2-10,12-17,31H,11H2,1H3,(H,32,33). The van der Waals surface area contributed by atoms with Gasteiger partial charge in [-0.3, -0.25) is 4.79 Å². The molecule has 0 aromatic heterocycles. The molecule has 4 aromatic rings. The summed E-state index contributed by atoms with van der Waals surface area (Å²) < 4.78 is 5.31. The maximum atomic E-state index is 12.9. The largest absolute Gasteiger partial charge is 0.497 e. The van der Waals surface area contributed by atoms with Crippen LogP contribution in [0, 0.1) is 5.41 Å². The lowest BCUT2D eigenvalue weighted by Crippen LogP contribution is -2.24. The Hall–Kier alpha value is -3.60. The SMILES string of the molecule is COc1ccc2cc(C(=CC(=N)c3cc(Cl)cc(Cl)c3)NC(=O)Cc3ccccc3)ccc2c1. The highest BCUT2D eigenvalue weighted by atomic mass is 35.5. The van der Waals surface area contributed by atoms with Crippen LogP contribution in [0.5, 0.6) is 5.75 Å². The van der Waals surface area contributed by atoms with Crippen LogP contribution in [0.1, 0.15) is 16.7 Å². The molecule has 170 valence electrons. The van der Waals surface area contributed by atoms with Crippen LogP contribution in [-0.2, 0) is 11.2 Å². The Balaban J connectivity index is 1.71. The maximum Gasteiger partial charge on any atom is 0.228 e. The molecule has 4 aromatic carbocycles. The van der Waals surface area contributed by atoms with Crippen LogP contribution in [0.2, 0.25) is 10.0 Å². The van der Waals surface area contributed by atoms with Gasteiger partial charge in [-0.2, -0.15) is 0 Å². The van der Waals surface area contributed by atoms with Crippen molar-refractivity contribution in [2.45, 2.75) is 6.42 Å². The highest BCUT2D eigenvalue weighted by Gasteiger charge is 2.12. The number of ether oxygens (including phenoxy) is 1. The van der Waals surface area contributed by atoms with Gasteiger partial charge in [-0.1, -0.05) is 71.7 Å². The van der Waals surface area contributed by atoms with Crippen molar-refractivity contribution in [3.05, 3.63) is 118 Å². The Morgan fingerprint density at radius 3 is 2.26 bits per heavy atom. The van der Waals surface area contributed by atoms with Crippen LogP contribution >= 0.6 is 23.2 Å². The van der Waals surface area contributed by atoms with Gasteiger partial charge in [0.05, 0.1) is 24.9 Å². The van der Waals surface area contributed by atoms with E-state index in [-0.39, 0.29) is 18.0 Å². The van der Waals surface area contributed by atoms with Gasteiger partial charge in [-0.15, -0.1) is 0 Å². The van der Waals surface area contributed by atoms with Gasteiger partial charge in [0.1, 0.15) is 5.75 Å². The number of nitrogens with one attached hydrogen (secondary N) is 2. The van der Waals surface area contributed by atoms with Gasteiger partial charge >= 0.3 is 0 Å². The molecule has 0 aliphatic rings. The molecule has 0 radical (unpaired) electrons. The summed E-state index contributed by atoms with van der Waals surface area (Å²) in [6.45, 7) is 0. The van der Waals surface area contributed by atoms with Crippen LogP contribution < -0.4 is 10.1 Å². The lowest BCUT2D eigenvalue weighted by Gasteiger charge is -2.13. The summed E-state index contributed by atoms with van der Waals surface area (Å²) in [5.41, 5.74) is 2.92. The second-order valence-electron chi connectivity index (χ2n) is 7.77. The third-order valence-electron chi connectivity index (χ3n) is 5.30. The fraction of sp³-hybridized carbons (Fsp3) is 0.0714. The summed E-state index contributed by atoms with van der Waals surface area (Å²) in [5, 5.41) is 14.5. The molecule has 4 nitrogen and oxygen atoms in total. The maximum absolute atomic E-state index is 12.9. The third-order valence-corrected chi connectivity index (χ3v) is 5.74. The van der Waals surface area contributed by atoms with Gasteiger partial charge < -0.3 is 15.5 Å². The Labute approximate surface area is 208 Å². The predicted octanol–water partition coefficient (Wildman–Crippen LogP) is 6.92. The monoisotopic (exact) mass is 488 g/mol. The van der Waals surface area contributed by atoms with Crippen molar-refractivity contribution in [2.24, 2.45) is 0 Å². The number of carbonyl (C=O) groups is 1. The van der Waals surface area contributed by atoms with Crippen molar-refractivity contribution in [3.63, 3.8) is 0 Å². The molecule has 0 saturated carbocycles. The average molecular weight is 489 g/mol. The van der Waals surface area contributed by atoms with Crippen molar-refractivity contribution >= 4 is 51.3 Å². The van der Waals surface area contributed by atoms with E-state index in [2.05, 4.69) is 5.32 Å². The molecule has 0 bridgehead atoms. The number of hydrogen-bond donors (Lipinski definition) is 2. The Kier molecular flexibility index (Phi) is 7.31. The van der Waals surface area contributed by atoms with E-state index >= 15 is 0 Å². The zero-order valence-corrected chi connectivity index (χ0v) is 20.0. The quantitative estimate of drug-likeness (QED) is 0.277. The Bertz CT molecular complexity index is 1380. The molecule has 1 amide bonds. The highest BCUT2D eigenvalue weighted by Crippen LogP contribution is 2.25. The molecule has 0 saturated heterocycles. The molecule has 0 heterocycles. The predicted molar refractivity (Wildman–Crippen MR) is 140 cm³/mol. The smallest absolute Gasteiger partial charge is 0.228 e. The molecule has 0 aliphatic heterocycles. The molecule has 4 rings (SSSR count). The van der Waals surface area contributed by atoms with Gasteiger partial charge in [0.2, 0.25) is 5.91 Å². The molecule has 34 heavy (non-hydrogen) atoms. The number of hydrogen-bond acceptors (Lipinski definition) is 3. The van der Waals surface area contributed by atoms with E-state index in [0.29, 0.717) is 21.3 Å². The van der Waals surface area contributed by atoms with E-state index < -0.39 is 0 Å². The van der Waals surface area contributed by atoms with Crippen molar-refractivity contribution in [1.29, 1.82) is 5.41 Å². The Morgan fingerprint density at radius 2 is 1.56 bits per heavy atom. The molecular weight excluding hydrogens is 467 g/mol. The first-order chi connectivity index (χ1) is 16.4. The molecule has 6 heteroatoms. The lowest BCUT2D eigenvalue weighted by molar-refractivity contribution is -0.119. The van der Waals surface area contributed by atoms with Crippen LogP contribution in [0.15, 0.2) is 91.0 Å². The average Bonchev–Trinajstić information content (AvgIpc) is 2.83. The summed E-state index contributed by atoms with van der Waals surface area (Å²) in [6.07, 6.45) is 1.84. The van der Waals surface area contributed by atoms with Crippen molar-refractivity contribution < 1.29 is 9.53 Å². The second kappa shape index (κ2) is 10.6. The number of halogens is 2. The zero-order valence-electron chi connectivity index (χ0n) is 18.4. The fourth-order valence-corrected chi connectivity index (χ4v) is 4.15. The summed E-state index contributed by atoms with van der Waals surface area (Å²) in [7, 11) is 1.63. The molecular formula is C28H22Cl2N2O2. The van der Waals surface area contributed by atoms with Gasteiger partial charge in [-0.05, 0) is 64.4 Å². The molecule has 0 spiro atoms. The van der Waals surface area contributed by atoms with E-state index in [1.807, 2.05) is 66.7 Å². The van der Waals surface area contributed by atoms with E-state index in [4.69, 9.17) is 33.3 Å². The number of amides is 1. The minimum absolute atomic E-state index is 0.175. The molecule has 0 fully saturated rings. The van der Waals surface area contributed by atoms with Crippen molar-refractivity contribution in [1.82, 2.24) is 5.32 Å². The number of fused-ring (bicyclic) bond motifs is 1. The number of allylic oxidation sites excluding steroid dienone is 1. The number of carbonyl (C=O) groups excluding carboxylic acids is 1. The molecule has 0 atom stereocenters. The fourth-order valence-electron chi connectivity index (χ4n) is 3.62. The summed E-state index contributed by atoms with van der Waals surface area (Å²) >= 11 is 12.3. The number of benzene rings is 4. The number of rotatable bonds is 7. The normalized spacial score (nSPS) is 11.3. The lowest BCUT2D eigenvalue weighted by atomic mass is 10.0. The first kappa shape index (κ1) is 23.6. The first-order valence-electron chi connectivity index (χ1n) is 10.6. The number of methoxy groups -OCH3 is 1. The minimum atomic E-state index is -0.177. The first-order valence-corrected chi connectivity index (χ1v) is 11.4. The van der Waals surface area contributed by atoms with Gasteiger partial charge in [0.15, 0.2) is 0 Å². The van der Waals surface area contributed by atoms with Crippen LogP contribution in [-0.4, -0.2) is 18.7 Å². The zero-order chi connectivity index (χ0) is 24.1. The summed E-state index contributed by atoms with van der Waals surface area (Å²) in [5.74, 6) is 0.594.